The maximum Gasteiger partial charge on any atom is 0.327 e. The molecule has 0 saturated carbocycles. The normalized spacial score (nSPS) is 16.1. The average Bonchev–Trinajstić information content (AvgIpc) is 2.95. The van der Waals surface area contributed by atoms with Crippen molar-refractivity contribution >= 4 is 17.8 Å². The number of carbonyl (C=O) groups excluding carboxylic acids is 1. The van der Waals surface area contributed by atoms with Gasteiger partial charge in [-0.3, -0.25) is 14.9 Å². The number of hydrogen-bond donors (Lipinski definition) is 6. The number of carboxylic acid groups (broad SMARTS) is 2. The highest BCUT2D eigenvalue weighted by molar-refractivity contribution is 5.87. The number of aliphatic carboxylic acids is 2. The minimum atomic E-state index is -1.31. The van der Waals surface area contributed by atoms with Gasteiger partial charge >= 0.3 is 11.9 Å². The quantitative estimate of drug-likeness (QED) is 0.311. The second kappa shape index (κ2) is 8.25. The molecule has 0 radical (unpaired) electrons. The number of aromatic nitrogens is 2. The van der Waals surface area contributed by atoms with Crippen LogP contribution in [0.3, 0.4) is 0 Å². The number of carboxylic acids is 2. The van der Waals surface area contributed by atoms with Crippen LogP contribution in [0.5, 0.6) is 0 Å². The van der Waals surface area contributed by atoms with Crippen molar-refractivity contribution in [3.05, 3.63) is 18.2 Å². The summed E-state index contributed by atoms with van der Waals surface area (Å²) in [5.74, 6) is -3.07. The number of nitrogens with one attached hydrogen (secondary N) is 3. The fourth-order valence-corrected chi connectivity index (χ4v) is 1.93. The molecule has 0 bridgehead atoms. The Morgan fingerprint density at radius 1 is 1.30 bits per heavy atom. The predicted molar refractivity (Wildman–Crippen MR) is 79.5 cm³/mol. The van der Waals surface area contributed by atoms with Crippen LogP contribution in [0.15, 0.2) is 12.5 Å². The summed E-state index contributed by atoms with van der Waals surface area (Å²) in [5.41, 5.74) is 5.91. The molecule has 1 heterocycles. The summed E-state index contributed by atoms with van der Waals surface area (Å²) in [6.45, 7) is 2.89. The Morgan fingerprint density at radius 3 is 2.39 bits per heavy atom. The van der Waals surface area contributed by atoms with Crippen LogP contribution >= 0.6 is 0 Å². The molecule has 1 aromatic heterocycles. The standard InChI is InChI=1S/C13H21N5O5/c1-6(14)11(19)18-10(13(22)23)7(2)17-9(12(20)21)3-8-4-15-5-16-8/h4-7,9-10,17H,3,14H2,1-2H3,(H,15,16)(H,18,19)(H,20,21)(H,22,23)/t6-,7+,9-,10-/m0/s1. The number of hydrogen-bond acceptors (Lipinski definition) is 6. The maximum absolute atomic E-state index is 11.6. The van der Waals surface area contributed by atoms with Crippen LogP contribution < -0.4 is 16.4 Å². The Kier molecular flexibility index (Phi) is 6.66. The molecule has 0 saturated heterocycles. The van der Waals surface area contributed by atoms with E-state index in [9.17, 15) is 24.6 Å². The van der Waals surface area contributed by atoms with Gasteiger partial charge in [-0.15, -0.1) is 0 Å². The number of imidazole rings is 1. The molecule has 0 aliphatic rings. The Balaban J connectivity index is 2.77. The lowest BCUT2D eigenvalue weighted by molar-refractivity contribution is -0.144. The molecule has 0 aliphatic carbocycles. The van der Waals surface area contributed by atoms with E-state index in [4.69, 9.17) is 5.73 Å². The van der Waals surface area contributed by atoms with Gasteiger partial charge in [-0.05, 0) is 13.8 Å². The number of carbonyl (C=O) groups is 3. The maximum atomic E-state index is 11.6. The lowest BCUT2D eigenvalue weighted by Gasteiger charge is -2.26. The number of H-pyrrole nitrogens is 1. The van der Waals surface area contributed by atoms with Gasteiger partial charge in [-0.1, -0.05) is 0 Å². The molecule has 1 aromatic rings. The summed E-state index contributed by atoms with van der Waals surface area (Å²) in [6.07, 6.45) is 3.03. The molecule has 10 heteroatoms. The van der Waals surface area contributed by atoms with Crippen molar-refractivity contribution in [3.8, 4) is 0 Å². The highest BCUT2D eigenvalue weighted by atomic mass is 16.4. The number of rotatable bonds is 9. The van der Waals surface area contributed by atoms with Gasteiger partial charge in [0.1, 0.15) is 12.1 Å². The third kappa shape index (κ3) is 5.68. The molecule has 0 aliphatic heterocycles. The second-order valence-corrected chi connectivity index (χ2v) is 5.22. The van der Waals surface area contributed by atoms with Crippen molar-refractivity contribution < 1.29 is 24.6 Å². The third-order valence-corrected chi connectivity index (χ3v) is 3.21. The van der Waals surface area contributed by atoms with Gasteiger partial charge in [-0.2, -0.15) is 0 Å². The summed E-state index contributed by atoms with van der Waals surface area (Å²) in [5, 5.41) is 23.4. The van der Waals surface area contributed by atoms with Crippen LogP contribution in [0.1, 0.15) is 19.5 Å². The molecular formula is C13H21N5O5. The Bertz CT molecular complexity index is 545. The van der Waals surface area contributed by atoms with Gasteiger partial charge in [-0.25, -0.2) is 9.78 Å². The van der Waals surface area contributed by atoms with E-state index in [2.05, 4.69) is 20.6 Å². The summed E-state index contributed by atoms with van der Waals surface area (Å²) in [6, 6.07) is -4.07. The van der Waals surface area contributed by atoms with Gasteiger partial charge in [0, 0.05) is 18.7 Å². The van der Waals surface area contributed by atoms with Crippen molar-refractivity contribution in [2.75, 3.05) is 0 Å². The minimum absolute atomic E-state index is 0.0662. The smallest absolute Gasteiger partial charge is 0.327 e. The fraction of sp³-hybridized carbons (Fsp3) is 0.538. The zero-order valence-corrected chi connectivity index (χ0v) is 12.8. The highest BCUT2D eigenvalue weighted by Crippen LogP contribution is 2.03. The van der Waals surface area contributed by atoms with Crippen LogP contribution in [0.4, 0.5) is 0 Å². The molecule has 23 heavy (non-hydrogen) atoms. The summed E-state index contributed by atoms with van der Waals surface area (Å²) < 4.78 is 0. The first-order chi connectivity index (χ1) is 10.7. The van der Waals surface area contributed by atoms with Gasteiger partial charge in [0.15, 0.2) is 0 Å². The van der Waals surface area contributed by atoms with Gasteiger partial charge in [0.05, 0.1) is 18.1 Å². The third-order valence-electron chi connectivity index (χ3n) is 3.21. The topological polar surface area (TPSA) is 170 Å². The van der Waals surface area contributed by atoms with Gasteiger partial charge in [0.2, 0.25) is 5.91 Å². The molecule has 4 atom stereocenters. The summed E-state index contributed by atoms with van der Waals surface area (Å²) in [7, 11) is 0. The van der Waals surface area contributed by atoms with Crippen molar-refractivity contribution in [1.29, 1.82) is 0 Å². The minimum Gasteiger partial charge on any atom is -0.480 e. The van der Waals surface area contributed by atoms with E-state index < -0.39 is 42.0 Å². The molecule has 0 fully saturated rings. The molecule has 7 N–H and O–H groups in total. The molecule has 0 aromatic carbocycles. The van der Waals surface area contributed by atoms with Crippen LogP contribution in [-0.4, -0.2) is 62.2 Å². The van der Waals surface area contributed by atoms with Crippen molar-refractivity contribution in [1.82, 2.24) is 20.6 Å². The molecule has 0 unspecified atom stereocenters. The average molecular weight is 327 g/mol. The van der Waals surface area contributed by atoms with Crippen LogP contribution in [0, 0.1) is 0 Å². The van der Waals surface area contributed by atoms with E-state index >= 15 is 0 Å². The van der Waals surface area contributed by atoms with Gasteiger partial charge in [0.25, 0.3) is 0 Å². The van der Waals surface area contributed by atoms with Crippen molar-refractivity contribution in [2.24, 2.45) is 5.73 Å². The monoisotopic (exact) mass is 327 g/mol. The largest absolute Gasteiger partial charge is 0.480 e. The summed E-state index contributed by atoms with van der Waals surface area (Å²) >= 11 is 0. The first-order valence-electron chi connectivity index (χ1n) is 6.97. The molecule has 10 nitrogen and oxygen atoms in total. The highest BCUT2D eigenvalue weighted by Gasteiger charge is 2.31. The molecule has 0 spiro atoms. The molecular weight excluding hydrogens is 306 g/mol. The second-order valence-electron chi connectivity index (χ2n) is 5.22. The molecule has 128 valence electrons. The number of nitrogens with two attached hydrogens (primary N) is 1. The fourth-order valence-electron chi connectivity index (χ4n) is 1.93. The van der Waals surface area contributed by atoms with Gasteiger partial charge < -0.3 is 26.2 Å². The van der Waals surface area contributed by atoms with Crippen LogP contribution in [0.2, 0.25) is 0 Å². The Morgan fingerprint density at radius 2 is 1.96 bits per heavy atom. The van der Waals surface area contributed by atoms with E-state index in [-0.39, 0.29) is 6.42 Å². The lowest BCUT2D eigenvalue weighted by atomic mass is 10.1. The number of nitrogens with zero attached hydrogens (tertiary/aromatic N) is 1. The van der Waals surface area contributed by atoms with E-state index in [1.54, 1.807) is 6.20 Å². The first kappa shape index (κ1) is 18.6. The SMILES string of the molecule is C[C@H](N)C(=O)N[C@H](C(=O)O)[C@@H](C)N[C@@H](Cc1c[nH]cn1)C(=O)O. The zero-order chi connectivity index (χ0) is 17.6. The van der Waals surface area contributed by atoms with Crippen molar-refractivity contribution in [2.45, 2.75) is 44.4 Å². The zero-order valence-electron chi connectivity index (χ0n) is 12.8. The molecule has 1 rings (SSSR count). The summed E-state index contributed by atoms with van der Waals surface area (Å²) in [4.78, 5) is 40.9. The van der Waals surface area contributed by atoms with Crippen LogP contribution in [-0.2, 0) is 20.8 Å². The lowest BCUT2D eigenvalue weighted by Crippen LogP contribution is -2.58. The Hall–Kier alpha value is -2.46. The van der Waals surface area contributed by atoms with Crippen molar-refractivity contribution in [3.63, 3.8) is 0 Å². The van der Waals surface area contributed by atoms with E-state index in [1.165, 1.54) is 20.2 Å². The predicted octanol–water partition coefficient (Wildman–Crippen LogP) is -1.70. The first-order valence-corrected chi connectivity index (χ1v) is 6.97. The van der Waals surface area contributed by atoms with E-state index in [1.807, 2.05) is 0 Å². The van der Waals surface area contributed by atoms with E-state index in [0.29, 0.717) is 5.69 Å². The van der Waals surface area contributed by atoms with E-state index in [0.717, 1.165) is 0 Å². The Labute approximate surface area is 132 Å². The number of amides is 1. The molecule has 1 amide bonds. The number of aromatic amines is 1. The van der Waals surface area contributed by atoms with Crippen LogP contribution in [0.25, 0.3) is 0 Å².